The van der Waals surface area contributed by atoms with Crippen molar-refractivity contribution in [2.75, 3.05) is 11.9 Å². The number of esters is 1. The van der Waals surface area contributed by atoms with Crippen molar-refractivity contribution >= 4 is 29.2 Å². The van der Waals surface area contributed by atoms with Gasteiger partial charge >= 0.3 is 5.97 Å². The van der Waals surface area contributed by atoms with E-state index in [1.165, 1.54) is 30.4 Å². The van der Waals surface area contributed by atoms with Gasteiger partial charge in [0.25, 0.3) is 5.91 Å². The van der Waals surface area contributed by atoms with E-state index in [9.17, 15) is 9.59 Å². The number of hydrogen-bond acceptors (Lipinski definition) is 4. The van der Waals surface area contributed by atoms with E-state index in [0.29, 0.717) is 11.3 Å². The topological polar surface area (TPSA) is 79.2 Å². The minimum atomic E-state index is -0.587. The first-order valence-electron chi connectivity index (χ1n) is 5.35. The van der Waals surface area contributed by atoms with Crippen molar-refractivity contribution in [3.05, 3.63) is 40.9 Å². The molecule has 98 valence electrons. The van der Waals surface area contributed by atoms with Crippen LogP contribution in [0.4, 0.5) is 5.69 Å². The Bertz CT molecular complexity index is 561. The number of carbonyl (C=O) groups excluding carboxylic acids is 2. The van der Waals surface area contributed by atoms with E-state index in [4.69, 9.17) is 16.9 Å². The number of nitriles is 1. The SMILES string of the molecule is C/C=C/C(=O)OCC(=O)Nc1ccc(C#N)c(Cl)c1. The van der Waals surface area contributed by atoms with Gasteiger partial charge in [-0.25, -0.2) is 4.79 Å². The summed E-state index contributed by atoms with van der Waals surface area (Å²) in [6, 6.07) is 6.39. The molecule has 19 heavy (non-hydrogen) atoms. The van der Waals surface area contributed by atoms with Crippen molar-refractivity contribution in [3.8, 4) is 6.07 Å². The first-order valence-corrected chi connectivity index (χ1v) is 5.73. The average Bonchev–Trinajstić information content (AvgIpc) is 2.37. The molecule has 1 amide bonds. The quantitative estimate of drug-likeness (QED) is 0.677. The van der Waals surface area contributed by atoms with Gasteiger partial charge in [0.15, 0.2) is 6.61 Å². The molecule has 0 saturated heterocycles. The Morgan fingerprint density at radius 3 is 2.84 bits per heavy atom. The number of allylic oxidation sites excluding steroid dienone is 1. The van der Waals surface area contributed by atoms with Crippen LogP contribution >= 0.6 is 11.6 Å². The Balaban J connectivity index is 2.56. The molecule has 0 aromatic heterocycles. The van der Waals surface area contributed by atoms with Crippen LogP contribution in [0.25, 0.3) is 0 Å². The van der Waals surface area contributed by atoms with Crippen LogP contribution in [0.15, 0.2) is 30.4 Å². The van der Waals surface area contributed by atoms with Crippen molar-refractivity contribution in [1.82, 2.24) is 0 Å². The zero-order valence-electron chi connectivity index (χ0n) is 10.1. The van der Waals surface area contributed by atoms with Crippen molar-refractivity contribution in [2.45, 2.75) is 6.92 Å². The highest BCUT2D eigenvalue weighted by molar-refractivity contribution is 6.32. The van der Waals surface area contributed by atoms with Gasteiger partial charge in [-0.3, -0.25) is 4.79 Å². The summed E-state index contributed by atoms with van der Waals surface area (Å²) < 4.78 is 4.67. The monoisotopic (exact) mass is 278 g/mol. The fraction of sp³-hybridized carbons (Fsp3) is 0.154. The Morgan fingerprint density at radius 1 is 1.53 bits per heavy atom. The van der Waals surface area contributed by atoms with Crippen molar-refractivity contribution in [1.29, 1.82) is 5.26 Å². The van der Waals surface area contributed by atoms with Crippen LogP contribution in [0.1, 0.15) is 12.5 Å². The molecule has 0 atom stereocenters. The van der Waals surface area contributed by atoms with Crippen molar-refractivity contribution < 1.29 is 14.3 Å². The van der Waals surface area contributed by atoms with Crippen molar-refractivity contribution in [3.63, 3.8) is 0 Å². The third-order valence-electron chi connectivity index (χ3n) is 2.02. The fourth-order valence-electron chi connectivity index (χ4n) is 1.20. The second-order valence-corrected chi connectivity index (χ2v) is 3.87. The van der Waals surface area contributed by atoms with Crippen LogP contribution in [-0.2, 0) is 14.3 Å². The number of nitrogens with one attached hydrogen (secondary N) is 1. The molecule has 1 aromatic carbocycles. The van der Waals surface area contributed by atoms with Gasteiger partial charge in [0.2, 0.25) is 0 Å². The van der Waals surface area contributed by atoms with Crippen LogP contribution in [0.2, 0.25) is 5.02 Å². The Labute approximate surface area is 115 Å². The van der Waals surface area contributed by atoms with Crippen LogP contribution in [-0.4, -0.2) is 18.5 Å². The molecule has 0 fully saturated rings. The van der Waals surface area contributed by atoms with Crippen LogP contribution < -0.4 is 5.32 Å². The molecule has 1 aromatic rings. The molecule has 0 aliphatic rings. The lowest BCUT2D eigenvalue weighted by molar-refractivity contribution is -0.142. The van der Waals surface area contributed by atoms with Gasteiger partial charge in [-0.15, -0.1) is 0 Å². The molecule has 0 heterocycles. The molecular weight excluding hydrogens is 268 g/mol. The second-order valence-electron chi connectivity index (χ2n) is 3.46. The van der Waals surface area contributed by atoms with Gasteiger partial charge in [-0.05, 0) is 25.1 Å². The predicted octanol–water partition coefficient (Wildman–Crippen LogP) is 2.27. The van der Waals surface area contributed by atoms with E-state index in [1.54, 1.807) is 6.92 Å². The summed E-state index contributed by atoms with van der Waals surface area (Å²) in [7, 11) is 0. The maximum absolute atomic E-state index is 11.5. The van der Waals surface area contributed by atoms with E-state index >= 15 is 0 Å². The molecule has 0 spiro atoms. The lowest BCUT2D eigenvalue weighted by Crippen LogP contribution is -2.20. The molecular formula is C13H11ClN2O3. The maximum Gasteiger partial charge on any atom is 0.330 e. The summed E-state index contributed by atoms with van der Waals surface area (Å²) in [4.78, 5) is 22.5. The van der Waals surface area contributed by atoms with Gasteiger partial charge in [-0.2, -0.15) is 5.26 Å². The standard InChI is InChI=1S/C13H11ClN2O3/c1-2-3-13(18)19-8-12(17)16-10-5-4-9(7-15)11(14)6-10/h2-6H,8H2,1H3,(H,16,17)/b3-2+. The van der Waals surface area contributed by atoms with Crippen LogP contribution in [0.5, 0.6) is 0 Å². The zero-order valence-corrected chi connectivity index (χ0v) is 10.9. The summed E-state index contributed by atoms with van der Waals surface area (Å²) in [6.07, 6.45) is 2.73. The summed E-state index contributed by atoms with van der Waals surface area (Å²) in [6.45, 7) is 1.28. The number of hydrogen-bond donors (Lipinski definition) is 1. The summed E-state index contributed by atoms with van der Waals surface area (Å²) in [5.74, 6) is -1.07. The van der Waals surface area contributed by atoms with E-state index < -0.39 is 11.9 Å². The smallest absolute Gasteiger partial charge is 0.330 e. The third kappa shape index (κ3) is 4.82. The number of benzene rings is 1. The summed E-state index contributed by atoms with van der Waals surface area (Å²) in [5, 5.41) is 11.4. The molecule has 0 saturated carbocycles. The highest BCUT2D eigenvalue weighted by atomic mass is 35.5. The molecule has 1 rings (SSSR count). The largest absolute Gasteiger partial charge is 0.452 e. The lowest BCUT2D eigenvalue weighted by Gasteiger charge is -2.06. The Hall–Kier alpha value is -2.32. The molecule has 6 heteroatoms. The predicted molar refractivity (Wildman–Crippen MR) is 70.6 cm³/mol. The summed E-state index contributed by atoms with van der Waals surface area (Å²) >= 11 is 5.81. The normalized spacial score (nSPS) is 9.95. The maximum atomic E-state index is 11.5. The molecule has 0 aliphatic heterocycles. The van der Waals surface area contributed by atoms with E-state index in [0.717, 1.165) is 0 Å². The van der Waals surface area contributed by atoms with E-state index in [2.05, 4.69) is 10.1 Å². The first-order chi connectivity index (χ1) is 9.06. The first kappa shape index (κ1) is 14.7. The van der Waals surface area contributed by atoms with Gasteiger partial charge < -0.3 is 10.1 Å². The highest BCUT2D eigenvalue weighted by Crippen LogP contribution is 2.19. The number of ether oxygens (including phenoxy) is 1. The molecule has 5 nitrogen and oxygen atoms in total. The average molecular weight is 279 g/mol. The van der Waals surface area contributed by atoms with Crippen LogP contribution in [0, 0.1) is 11.3 Å². The van der Waals surface area contributed by atoms with E-state index in [-0.39, 0.29) is 11.6 Å². The Morgan fingerprint density at radius 2 is 2.26 bits per heavy atom. The molecule has 0 radical (unpaired) electrons. The van der Waals surface area contributed by atoms with Gasteiger partial charge in [0.1, 0.15) is 6.07 Å². The number of nitrogens with zero attached hydrogens (tertiary/aromatic N) is 1. The van der Waals surface area contributed by atoms with Gasteiger partial charge in [0, 0.05) is 11.8 Å². The number of rotatable bonds is 4. The second kappa shape index (κ2) is 7.19. The van der Waals surface area contributed by atoms with Crippen molar-refractivity contribution in [2.24, 2.45) is 0 Å². The Kier molecular flexibility index (Phi) is 5.58. The molecule has 1 N–H and O–H groups in total. The van der Waals surface area contributed by atoms with Gasteiger partial charge in [-0.1, -0.05) is 17.7 Å². The fourth-order valence-corrected chi connectivity index (χ4v) is 1.42. The number of carbonyl (C=O) groups is 2. The number of amides is 1. The van der Waals surface area contributed by atoms with E-state index in [1.807, 2.05) is 6.07 Å². The highest BCUT2D eigenvalue weighted by Gasteiger charge is 2.07. The molecule has 0 unspecified atom stereocenters. The minimum Gasteiger partial charge on any atom is -0.452 e. The van der Waals surface area contributed by atoms with Gasteiger partial charge in [0.05, 0.1) is 10.6 Å². The number of anilines is 1. The lowest BCUT2D eigenvalue weighted by atomic mass is 10.2. The third-order valence-corrected chi connectivity index (χ3v) is 2.33. The summed E-state index contributed by atoms with van der Waals surface area (Å²) in [5.41, 5.74) is 0.746. The minimum absolute atomic E-state index is 0.242. The number of halogens is 1. The zero-order chi connectivity index (χ0) is 14.3. The molecule has 0 aliphatic carbocycles. The van der Waals surface area contributed by atoms with Crippen LogP contribution in [0.3, 0.4) is 0 Å². The molecule has 0 bridgehead atoms.